The van der Waals surface area contributed by atoms with Gasteiger partial charge < -0.3 is 5.73 Å². The lowest BCUT2D eigenvalue weighted by atomic mass is 10.3. The molecule has 14 heavy (non-hydrogen) atoms. The summed E-state index contributed by atoms with van der Waals surface area (Å²) in [6.45, 7) is 0. The number of halogens is 1. The van der Waals surface area contributed by atoms with Crippen molar-refractivity contribution in [2.24, 2.45) is 0 Å². The number of sulfonamides is 1. The molecule has 6 heteroatoms. The molecule has 0 unspecified atom stereocenters. The smallest absolute Gasteiger partial charge is 0.242 e. The zero-order chi connectivity index (χ0) is 10.9. The summed E-state index contributed by atoms with van der Waals surface area (Å²) >= 11 is 5.68. The van der Waals surface area contributed by atoms with Gasteiger partial charge in [0, 0.05) is 14.1 Å². The number of nitrogen functional groups attached to an aromatic ring is 1. The van der Waals surface area contributed by atoms with Gasteiger partial charge in [0.15, 0.2) is 0 Å². The summed E-state index contributed by atoms with van der Waals surface area (Å²) in [4.78, 5) is 0.143. The van der Waals surface area contributed by atoms with Crippen LogP contribution in [0.5, 0.6) is 0 Å². The monoisotopic (exact) mass is 234 g/mol. The van der Waals surface area contributed by atoms with Gasteiger partial charge in [0.2, 0.25) is 10.0 Å². The molecule has 0 heterocycles. The number of anilines is 1. The molecule has 1 aromatic carbocycles. The van der Waals surface area contributed by atoms with Gasteiger partial charge in [-0.05, 0) is 18.2 Å². The molecule has 1 aromatic rings. The molecule has 0 spiro atoms. The van der Waals surface area contributed by atoms with Crippen LogP contribution in [0.15, 0.2) is 23.1 Å². The average Bonchev–Trinajstić information content (AvgIpc) is 2.09. The highest BCUT2D eigenvalue weighted by Crippen LogP contribution is 2.23. The Balaban J connectivity index is 3.29. The molecular weight excluding hydrogens is 224 g/mol. The van der Waals surface area contributed by atoms with Crippen LogP contribution in [0.4, 0.5) is 5.69 Å². The van der Waals surface area contributed by atoms with Crippen molar-refractivity contribution >= 4 is 27.3 Å². The van der Waals surface area contributed by atoms with E-state index in [4.69, 9.17) is 17.3 Å². The van der Waals surface area contributed by atoms with E-state index in [1.54, 1.807) is 0 Å². The van der Waals surface area contributed by atoms with E-state index in [0.717, 1.165) is 4.31 Å². The highest BCUT2D eigenvalue weighted by molar-refractivity contribution is 7.89. The Morgan fingerprint density at radius 2 is 1.93 bits per heavy atom. The fourth-order valence-electron chi connectivity index (χ4n) is 0.893. The largest absolute Gasteiger partial charge is 0.397 e. The Hall–Kier alpha value is -0.780. The first-order chi connectivity index (χ1) is 6.35. The van der Waals surface area contributed by atoms with E-state index in [-0.39, 0.29) is 10.6 Å². The molecule has 0 aliphatic rings. The third-order valence-electron chi connectivity index (χ3n) is 1.75. The standard InChI is InChI=1S/C8H11ClN2O2S/c1-11(2)14(12,13)6-3-4-7(9)8(10)5-6/h3-5H,10H2,1-2H3. The van der Waals surface area contributed by atoms with Gasteiger partial charge >= 0.3 is 0 Å². The van der Waals surface area contributed by atoms with E-state index >= 15 is 0 Å². The topological polar surface area (TPSA) is 63.4 Å². The van der Waals surface area contributed by atoms with Crippen LogP contribution in [0.3, 0.4) is 0 Å². The van der Waals surface area contributed by atoms with Crippen molar-refractivity contribution in [3.05, 3.63) is 23.2 Å². The SMILES string of the molecule is CN(C)S(=O)(=O)c1ccc(Cl)c(N)c1. The first-order valence-electron chi connectivity index (χ1n) is 3.83. The van der Waals surface area contributed by atoms with Gasteiger partial charge in [-0.3, -0.25) is 0 Å². The summed E-state index contributed by atoms with van der Waals surface area (Å²) < 4.78 is 24.4. The molecule has 1 rings (SSSR count). The van der Waals surface area contributed by atoms with E-state index in [0.29, 0.717) is 5.02 Å². The molecule has 2 N–H and O–H groups in total. The second-order valence-corrected chi connectivity index (χ2v) is 5.53. The number of nitrogens with two attached hydrogens (primary N) is 1. The molecule has 0 atom stereocenters. The van der Waals surface area contributed by atoms with Crippen LogP contribution in [0, 0.1) is 0 Å². The van der Waals surface area contributed by atoms with Crippen molar-refractivity contribution in [1.82, 2.24) is 4.31 Å². The van der Waals surface area contributed by atoms with Crippen molar-refractivity contribution in [1.29, 1.82) is 0 Å². The van der Waals surface area contributed by atoms with E-state index < -0.39 is 10.0 Å². The number of benzene rings is 1. The lowest BCUT2D eigenvalue weighted by Gasteiger charge is -2.11. The zero-order valence-electron chi connectivity index (χ0n) is 7.86. The lowest BCUT2D eigenvalue weighted by Crippen LogP contribution is -2.22. The second-order valence-electron chi connectivity index (χ2n) is 2.97. The van der Waals surface area contributed by atoms with Crippen LogP contribution in [0.25, 0.3) is 0 Å². The Morgan fingerprint density at radius 1 is 1.36 bits per heavy atom. The molecule has 0 bridgehead atoms. The minimum absolute atomic E-state index is 0.143. The number of nitrogens with zero attached hydrogens (tertiary/aromatic N) is 1. The third kappa shape index (κ3) is 2.00. The molecule has 78 valence electrons. The molecule has 0 amide bonds. The van der Waals surface area contributed by atoms with Gasteiger partial charge in [-0.25, -0.2) is 12.7 Å². The van der Waals surface area contributed by atoms with Gasteiger partial charge in [0.05, 0.1) is 15.6 Å². The molecule has 4 nitrogen and oxygen atoms in total. The summed E-state index contributed by atoms with van der Waals surface area (Å²) in [5.74, 6) is 0. The van der Waals surface area contributed by atoms with Crippen LogP contribution in [0.2, 0.25) is 5.02 Å². The van der Waals surface area contributed by atoms with Crippen LogP contribution in [-0.2, 0) is 10.0 Å². The maximum atomic E-state index is 11.6. The van der Waals surface area contributed by atoms with Crippen molar-refractivity contribution in [3.8, 4) is 0 Å². The molecule has 0 radical (unpaired) electrons. The minimum atomic E-state index is -3.42. The fourth-order valence-corrected chi connectivity index (χ4v) is 1.95. The van der Waals surface area contributed by atoms with Crippen molar-refractivity contribution in [2.45, 2.75) is 4.90 Å². The Kier molecular flexibility index (Phi) is 3.04. The first kappa shape index (κ1) is 11.3. The molecule has 0 saturated carbocycles. The summed E-state index contributed by atoms with van der Waals surface area (Å²) in [5, 5.41) is 0.350. The second kappa shape index (κ2) is 3.76. The zero-order valence-corrected chi connectivity index (χ0v) is 9.43. The van der Waals surface area contributed by atoms with Gasteiger partial charge in [0.25, 0.3) is 0 Å². The van der Waals surface area contributed by atoms with Crippen LogP contribution in [-0.4, -0.2) is 26.8 Å². The number of hydrogen-bond acceptors (Lipinski definition) is 3. The molecule has 0 aromatic heterocycles. The Morgan fingerprint density at radius 3 is 2.36 bits per heavy atom. The molecule has 0 aliphatic heterocycles. The van der Waals surface area contributed by atoms with Gasteiger partial charge in [-0.1, -0.05) is 11.6 Å². The van der Waals surface area contributed by atoms with Crippen LogP contribution < -0.4 is 5.73 Å². The number of rotatable bonds is 2. The van der Waals surface area contributed by atoms with Gasteiger partial charge in [-0.15, -0.1) is 0 Å². The summed E-state index contributed by atoms with van der Waals surface area (Å²) in [6, 6.07) is 4.24. The molecule has 0 saturated heterocycles. The minimum Gasteiger partial charge on any atom is -0.397 e. The van der Waals surface area contributed by atoms with Crippen molar-refractivity contribution in [3.63, 3.8) is 0 Å². The summed E-state index contributed by atoms with van der Waals surface area (Å²) in [5.41, 5.74) is 5.76. The highest BCUT2D eigenvalue weighted by Gasteiger charge is 2.17. The maximum Gasteiger partial charge on any atom is 0.242 e. The first-order valence-corrected chi connectivity index (χ1v) is 5.65. The third-order valence-corrected chi connectivity index (χ3v) is 3.90. The summed E-state index contributed by atoms with van der Waals surface area (Å²) in [7, 11) is -0.505. The van der Waals surface area contributed by atoms with Crippen molar-refractivity contribution in [2.75, 3.05) is 19.8 Å². The average molecular weight is 235 g/mol. The predicted molar refractivity (Wildman–Crippen MR) is 56.7 cm³/mol. The van der Waals surface area contributed by atoms with Gasteiger partial charge in [-0.2, -0.15) is 0 Å². The molecule has 0 fully saturated rings. The van der Waals surface area contributed by atoms with E-state index in [1.807, 2.05) is 0 Å². The van der Waals surface area contributed by atoms with Crippen LogP contribution >= 0.6 is 11.6 Å². The predicted octanol–water partition coefficient (Wildman–Crippen LogP) is 1.17. The van der Waals surface area contributed by atoms with E-state index in [9.17, 15) is 8.42 Å². The molecule has 0 aliphatic carbocycles. The van der Waals surface area contributed by atoms with Gasteiger partial charge in [0.1, 0.15) is 0 Å². The van der Waals surface area contributed by atoms with E-state index in [2.05, 4.69) is 0 Å². The van der Waals surface area contributed by atoms with Crippen LogP contribution in [0.1, 0.15) is 0 Å². The maximum absolute atomic E-state index is 11.6. The summed E-state index contributed by atoms with van der Waals surface area (Å²) in [6.07, 6.45) is 0. The molecular formula is C8H11ClN2O2S. The number of hydrogen-bond donors (Lipinski definition) is 1. The quantitative estimate of drug-likeness (QED) is 0.782. The Bertz CT molecular complexity index is 443. The van der Waals surface area contributed by atoms with Crippen molar-refractivity contribution < 1.29 is 8.42 Å². The normalized spacial score (nSPS) is 12.0. The lowest BCUT2D eigenvalue weighted by molar-refractivity contribution is 0.521. The van der Waals surface area contributed by atoms with E-state index in [1.165, 1.54) is 32.3 Å². The fraction of sp³-hybridized carbons (Fsp3) is 0.250. The Labute approximate surface area is 88.3 Å². The highest BCUT2D eigenvalue weighted by atomic mass is 35.5.